The summed E-state index contributed by atoms with van der Waals surface area (Å²) in [5.41, 5.74) is 0. The largest absolute Gasteiger partial charge is 0.390 e. The Balaban J connectivity index is 0.000000791. The summed E-state index contributed by atoms with van der Waals surface area (Å²) < 4.78 is 5.52. The van der Waals surface area contributed by atoms with Gasteiger partial charge in [-0.25, -0.2) is 0 Å². The van der Waals surface area contributed by atoms with E-state index in [-0.39, 0.29) is 18.1 Å². The second-order valence-corrected chi connectivity index (χ2v) is 3.63. The molecule has 14 heavy (non-hydrogen) atoms. The van der Waals surface area contributed by atoms with Gasteiger partial charge in [-0.05, 0) is 13.3 Å². The van der Waals surface area contributed by atoms with Crippen LogP contribution in [0, 0.1) is 5.92 Å². The second-order valence-electron chi connectivity index (χ2n) is 3.63. The molecule has 1 aliphatic rings. The van der Waals surface area contributed by atoms with Gasteiger partial charge in [-0.15, -0.1) is 0 Å². The fourth-order valence-corrected chi connectivity index (χ4v) is 1.76. The van der Waals surface area contributed by atoms with E-state index in [1.54, 1.807) is 6.92 Å². The lowest BCUT2D eigenvalue weighted by molar-refractivity contribution is -0.190. The molecule has 0 amide bonds. The molecular weight excluding hydrogens is 180 g/mol. The Labute approximate surface area is 87.1 Å². The van der Waals surface area contributed by atoms with Crippen LogP contribution in [0.4, 0.5) is 0 Å². The van der Waals surface area contributed by atoms with E-state index in [0.717, 1.165) is 6.42 Å². The molecule has 1 rings (SSSR count). The van der Waals surface area contributed by atoms with Crippen LogP contribution in [0.25, 0.3) is 0 Å². The van der Waals surface area contributed by atoms with Crippen molar-refractivity contribution >= 4 is 0 Å². The first-order valence-electron chi connectivity index (χ1n) is 5.59. The first-order chi connectivity index (χ1) is 6.57. The third-order valence-corrected chi connectivity index (χ3v) is 2.75. The summed E-state index contributed by atoms with van der Waals surface area (Å²) >= 11 is 0. The number of rotatable bonds is 1. The molecule has 0 aliphatic carbocycles. The van der Waals surface area contributed by atoms with Crippen molar-refractivity contribution in [3.8, 4) is 0 Å². The number of hydrogen-bond acceptors (Lipinski definition) is 3. The number of hydrogen-bond donors (Lipinski definition) is 2. The van der Waals surface area contributed by atoms with E-state index in [1.807, 2.05) is 27.7 Å². The van der Waals surface area contributed by atoms with Crippen molar-refractivity contribution < 1.29 is 14.9 Å². The predicted molar refractivity (Wildman–Crippen MR) is 57.2 cm³/mol. The number of aliphatic hydroxyl groups is 2. The lowest BCUT2D eigenvalue weighted by Crippen LogP contribution is -2.52. The highest BCUT2D eigenvalue weighted by Gasteiger charge is 2.38. The summed E-state index contributed by atoms with van der Waals surface area (Å²) in [6.45, 7) is 9.73. The van der Waals surface area contributed by atoms with Crippen LogP contribution in [0.1, 0.15) is 41.0 Å². The van der Waals surface area contributed by atoms with Crippen LogP contribution in [0.3, 0.4) is 0 Å². The van der Waals surface area contributed by atoms with E-state index in [1.165, 1.54) is 0 Å². The van der Waals surface area contributed by atoms with Crippen molar-refractivity contribution in [2.24, 2.45) is 5.92 Å². The van der Waals surface area contributed by atoms with Gasteiger partial charge in [0.1, 0.15) is 6.10 Å². The molecule has 3 heteroatoms. The zero-order valence-electron chi connectivity index (χ0n) is 9.90. The van der Waals surface area contributed by atoms with Gasteiger partial charge in [0.05, 0.1) is 18.3 Å². The summed E-state index contributed by atoms with van der Waals surface area (Å²) in [5.74, 6) is 0.0289. The summed E-state index contributed by atoms with van der Waals surface area (Å²) in [6.07, 6.45) is -0.656. The Morgan fingerprint density at radius 3 is 2.00 bits per heavy atom. The van der Waals surface area contributed by atoms with Gasteiger partial charge in [0.2, 0.25) is 0 Å². The molecule has 0 bridgehead atoms. The van der Waals surface area contributed by atoms with Crippen LogP contribution in [-0.4, -0.2) is 34.6 Å². The molecule has 0 radical (unpaired) electrons. The Morgan fingerprint density at radius 1 is 1.07 bits per heavy atom. The van der Waals surface area contributed by atoms with Crippen molar-refractivity contribution in [1.29, 1.82) is 0 Å². The molecule has 0 saturated carbocycles. The normalized spacial score (nSPS) is 42.6. The maximum absolute atomic E-state index is 9.59. The Hall–Kier alpha value is -0.120. The average molecular weight is 204 g/mol. The summed E-state index contributed by atoms with van der Waals surface area (Å²) in [6, 6.07) is 0. The van der Waals surface area contributed by atoms with Crippen LogP contribution >= 0.6 is 0 Å². The molecule has 5 atom stereocenters. The van der Waals surface area contributed by atoms with Crippen LogP contribution < -0.4 is 0 Å². The average Bonchev–Trinajstić information content (AvgIpc) is 2.23. The van der Waals surface area contributed by atoms with E-state index in [0.29, 0.717) is 0 Å². The quantitative estimate of drug-likeness (QED) is 0.681. The fourth-order valence-electron chi connectivity index (χ4n) is 1.76. The van der Waals surface area contributed by atoms with Crippen molar-refractivity contribution in [2.45, 2.75) is 65.5 Å². The first kappa shape index (κ1) is 13.9. The maximum Gasteiger partial charge on any atom is 0.106 e. The van der Waals surface area contributed by atoms with E-state index in [4.69, 9.17) is 4.74 Å². The van der Waals surface area contributed by atoms with Crippen LogP contribution in [0.5, 0.6) is 0 Å². The van der Waals surface area contributed by atoms with Gasteiger partial charge in [-0.2, -0.15) is 0 Å². The van der Waals surface area contributed by atoms with Crippen molar-refractivity contribution in [2.75, 3.05) is 0 Å². The van der Waals surface area contributed by atoms with E-state index >= 15 is 0 Å². The highest BCUT2D eigenvalue weighted by Crippen LogP contribution is 2.27. The maximum atomic E-state index is 9.59. The van der Waals surface area contributed by atoms with E-state index in [2.05, 4.69) is 0 Å². The van der Waals surface area contributed by atoms with Gasteiger partial charge in [-0.1, -0.05) is 27.7 Å². The van der Waals surface area contributed by atoms with Crippen LogP contribution in [-0.2, 0) is 4.74 Å². The molecule has 1 saturated heterocycles. The second kappa shape index (κ2) is 6.38. The molecule has 3 unspecified atom stereocenters. The summed E-state index contributed by atoms with van der Waals surface area (Å²) in [4.78, 5) is 0. The SMILES string of the molecule is CC.CCC1OC(C)[C@H](O)C(O)[C@@H]1C. The van der Waals surface area contributed by atoms with Gasteiger partial charge in [0, 0.05) is 5.92 Å². The van der Waals surface area contributed by atoms with E-state index < -0.39 is 12.2 Å². The summed E-state index contributed by atoms with van der Waals surface area (Å²) in [5, 5.41) is 19.0. The van der Waals surface area contributed by atoms with Gasteiger partial charge in [0.25, 0.3) is 0 Å². The number of ether oxygens (including phenoxy) is 1. The molecular formula is C11H24O3. The molecule has 1 fully saturated rings. The molecule has 1 heterocycles. The Bertz CT molecular complexity index is 145. The lowest BCUT2D eigenvalue weighted by atomic mass is 9.87. The zero-order valence-corrected chi connectivity index (χ0v) is 9.90. The molecule has 0 aromatic rings. The molecule has 1 aliphatic heterocycles. The summed E-state index contributed by atoms with van der Waals surface area (Å²) in [7, 11) is 0. The van der Waals surface area contributed by atoms with Crippen molar-refractivity contribution in [3.63, 3.8) is 0 Å². The molecule has 2 N–H and O–H groups in total. The predicted octanol–water partition coefficient (Wildman–Crippen LogP) is 1.57. The van der Waals surface area contributed by atoms with Crippen molar-refractivity contribution in [1.82, 2.24) is 0 Å². The Morgan fingerprint density at radius 2 is 1.57 bits per heavy atom. The van der Waals surface area contributed by atoms with Crippen LogP contribution in [0.15, 0.2) is 0 Å². The lowest BCUT2D eigenvalue weighted by Gasteiger charge is -2.40. The Kier molecular flexibility index (Phi) is 6.33. The minimum absolute atomic E-state index is 0.0289. The zero-order chi connectivity index (χ0) is 11.3. The molecule has 0 aromatic heterocycles. The third kappa shape index (κ3) is 2.94. The monoisotopic (exact) mass is 204 g/mol. The first-order valence-corrected chi connectivity index (χ1v) is 5.59. The van der Waals surface area contributed by atoms with Gasteiger partial charge < -0.3 is 14.9 Å². The van der Waals surface area contributed by atoms with Gasteiger partial charge >= 0.3 is 0 Å². The third-order valence-electron chi connectivity index (χ3n) is 2.75. The molecule has 3 nitrogen and oxygen atoms in total. The minimum Gasteiger partial charge on any atom is -0.390 e. The molecule has 0 aromatic carbocycles. The van der Waals surface area contributed by atoms with Gasteiger partial charge in [-0.3, -0.25) is 0 Å². The topological polar surface area (TPSA) is 49.7 Å². The fraction of sp³-hybridized carbons (Fsp3) is 1.00. The van der Waals surface area contributed by atoms with E-state index in [9.17, 15) is 10.2 Å². The van der Waals surface area contributed by atoms with Crippen LogP contribution in [0.2, 0.25) is 0 Å². The van der Waals surface area contributed by atoms with Crippen molar-refractivity contribution in [3.05, 3.63) is 0 Å². The highest BCUT2D eigenvalue weighted by molar-refractivity contribution is 4.87. The minimum atomic E-state index is -0.734. The smallest absolute Gasteiger partial charge is 0.106 e. The highest BCUT2D eigenvalue weighted by atomic mass is 16.5. The molecule has 86 valence electrons. The molecule has 0 spiro atoms. The number of aliphatic hydroxyl groups excluding tert-OH is 2. The van der Waals surface area contributed by atoms with Gasteiger partial charge in [0.15, 0.2) is 0 Å². The standard InChI is InChI=1S/C9H18O3.C2H6/c1-4-7-5(2)8(10)9(11)6(3)12-7;1-2/h5-11H,4H2,1-3H3;1-2H3/t5-,6?,7?,8?,9+;/m1./s1.